The smallest absolute Gasteiger partial charge is 0.354 e. The van der Waals surface area contributed by atoms with Crippen molar-refractivity contribution in [1.82, 2.24) is 15.0 Å². The molecule has 0 N–H and O–H groups in total. The molecule has 2 aromatic carbocycles. The van der Waals surface area contributed by atoms with Gasteiger partial charge in [0.15, 0.2) is 0 Å². The second-order valence-corrected chi connectivity index (χ2v) is 7.45. The molecule has 35 heavy (non-hydrogen) atoms. The van der Waals surface area contributed by atoms with Gasteiger partial charge in [0, 0.05) is 13.2 Å². The third-order valence-corrected chi connectivity index (χ3v) is 5.32. The van der Waals surface area contributed by atoms with Crippen LogP contribution in [0.2, 0.25) is 0 Å². The Kier molecular flexibility index (Phi) is 6.91. The quantitative estimate of drug-likeness (QED) is 0.206. The molecule has 4 rings (SSSR count). The van der Waals surface area contributed by atoms with Crippen LogP contribution in [0.3, 0.4) is 0 Å². The molecule has 0 fully saturated rings. The largest absolute Gasteiger partial charge is 0.465 e. The number of nitrogens with zero attached hydrogens (tertiary/aromatic N) is 6. The molecule has 0 aliphatic carbocycles. The van der Waals surface area contributed by atoms with E-state index < -0.39 is 10.9 Å². The van der Waals surface area contributed by atoms with Crippen LogP contribution in [0.15, 0.2) is 85.3 Å². The molecule has 0 unspecified atom stereocenters. The number of nitro groups is 1. The van der Waals surface area contributed by atoms with Crippen LogP contribution in [0, 0.1) is 10.1 Å². The number of carbonyl (C=O) groups excluding carboxylic acids is 1. The van der Waals surface area contributed by atoms with Crippen molar-refractivity contribution in [1.29, 1.82) is 0 Å². The van der Waals surface area contributed by atoms with Gasteiger partial charge in [-0.15, -0.1) is 0 Å². The Hall–Kier alpha value is -4.86. The van der Waals surface area contributed by atoms with Gasteiger partial charge in [0.1, 0.15) is 12.1 Å². The zero-order chi connectivity index (χ0) is 24.8. The van der Waals surface area contributed by atoms with Gasteiger partial charge in [-0.2, -0.15) is 0 Å². The zero-order valence-electron chi connectivity index (χ0n) is 19.1. The first-order valence-corrected chi connectivity index (χ1v) is 10.6. The number of aromatic nitrogens is 3. The maximum Gasteiger partial charge on any atom is 0.354 e. The average molecular weight is 470 g/mol. The van der Waals surface area contributed by atoms with Crippen molar-refractivity contribution in [3.8, 4) is 0 Å². The van der Waals surface area contributed by atoms with Gasteiger partial charge in [-0.25, -0.2) is 19.7 Å². The van der Waals surface area contributed by atoms with E-state index >= 15 is 0 Å². The topological polar surface area (TPSA) is 115 Å². The highest BCUT2D eigenvalue weighted by molar-refractivity contribution is 5.97. The number of ether oxygens (including phenoxy) is 1. The molecule has 2 heterocycles. The summed E-state index contributed by atoms with van der Waals surface area (Å²) >= 11 is 0. The van der Waals surface area contributed by atoms with Crippen LogP contribution in [-0.4, -0.2) is 40.0 Å². The van der Waals surface area contributed by atoms with E-state index in [0.29, 0.717) is 11.5 Å². The number of rotatable bonds is 8. The molecule has 10 nitrogen and oxygen atoms in total. The maximum atomic E-state index is 12.4. The van der Waals surface area contributed by atoms with Crippen molar-refractivity contribution in [2.75, 3.05) is 24.0 Å². The second-order valence-electron chi connectivity index (χ2n) is 7.45. The molecular weight excluding hydrogens is 448 g/mol. The number of hydrogen-bond acceptors (Lipinski definition) is 9. The highest BCUT2D eigenvalue weighted by Crippen LogP contribution is 2.40. The van der Waals surface area contributed by atoms with Gasteiger partial charge in [0.2, 0.25) is 11.6 Å². The predicted molar refractivity (Wildman–Crippen MR) is 131 cm³/mol. The van der Waals surface area contributed by atoms with Crippen LogP contribution in [0.1, 0.15) is 15.9 Å². The Labute approximate surface area is 201 Å². The summed E-state index contributed by atoms with van der Waals surface area (Å²) in [6.07, 6.45) is 2.87. The lowest BCUT2D eigenvalue weighted by Gasteiger charge is -2.25. The van der Waals surface area contributed by atoms with Crippen molar-refractivity contribution < 1.29 is 14.5 Å². The standard InChI is InChI=1S/C25H22N6O4/c1-29(20-13-7-6-12-19(20)25(32)35-2)23-22(31(33)34)24(28-17-27-23)30(21-14-8-9-15-26-21)16-18-10-4-3-5-11-18/h3-15,17H,16H2,1-2H3. The average Bonchev–Trinajstić information content (AvgIpc) is 2.91. The Bertz CT molecular complexity index is 1330. The lowest BCUT2D eigenvalue weighted by Crippen LogP contribution is -2.23. The monoisotopic (exact) mass is 470 g/mol. The third-order valence-electron chi connectivity index (χ3n) is 5.32. The van der Waals surface area contributed by atoms with Gasteiger partial charge >= 0.3 is 11.7 Å². The fraction of sp³-hybridized carbons (Fsp3) is 0.120. The van der Waals surface area contributed by atoms with Crippen molar-refractivity contribution in [2.45, 2.75) is 6.54 Å². The van der Waals surface area contributed by atoms with Gasteiger partial charge in [0.25, 0.3) is 0 Å². The number of benzene rings is 2. The molecule has 0 atom stereocenters. The summed E-state index contributed by atoms with van der Waals surface area (Å²) in [5, 5.41) is 12.4. The molecule has 0 aliphatic rings. The van der Waals surface area contributed by atoms with Crippen LogP contribution >= 0.6 is 0 Å². The van der Waals surface area contributed by atoms with Crippen molar-refractivity contribution >= 4 is 34.8 Å². The molecular formula is C25H22N6O4. The van der Waals surface area contributed by atoms with Crippen molar-refractivity contribution in [3.05, 3.63) is 107 Å². The molecule has 0 radical (unpaired) electrons. The van der Waals surface area contributed by atoms with Crippen LogP contribution in [0.5, 0.6) is 0 Å². The first kappa shape index (κ1) is 23.3. The van der Waals surface area contributed by atoms with E-state index in [9.17, 15) is 14.9 Å². The molecule has 176 valence electrons. The zero-order valence-corrected chi connectivity index (χ0v) is 19.1. The molecule has 0 spiro atoms. The molecule has 0 bridgehead atoms. The molecule has 0 saturated carbocycles. The highest BCUT2D eigenvalue weighted by atomic mass is 16.6. The SMILES string of the molecule is COC(=O)c1ccccc1N(C)c1ncnc(N(Cc2ccccc2)c2ccccn2)c1[N+](=O)[O-]. The van der Waals surface area contributed by atoms with E-state index in [4.69, 9.17) is 4.74 Å². The number of para-hydroxylation sites is 1. The molecule has 0 amide bonds. The van der Waals surface area contributed by atoms with Gasteiger partial charge in [-0.1, -0.05) is 48.5 Å². The summed E-state index contributed by atoms with van der Waals surface area (Å²) in [6.45, 7) is 0.289. The van der Waals surface area contributed by atoms with E-state index in [1.807, 2.05) is 30.3 Å². The number of carbonyl (C=O) groups is 1. The predicted octanol–water partition coefficient (Wildman–Crippen LogP) is 4.67. The fourth-order valence-electron chi connectivity index (χ4n) is 3.67. The third kappa shape index (κ3) is 4.91. The first-order valence-electron chi connectivity index (χ1n) is 10.6. The van der Waals surface area contributed by atoms with Gasteiger partial charge < -0.3 is 14.5 Å². The summed E-state index contributed by atoms with van der Waals surface area (Å²) < 4.78 is 4.88. The molecule has 2 aromatic heterocycles. The Balaban J connectivity index is 1.87. The number of methoxy groups -OCH3 is 1. The number of esters is 1. The summed E-state index contributed by atoms with van der Waals surface area (Å²) in [4.78, 5) is 40.3. The first-order chi connectivity index (χ1) is 17.0. The minimum absolute atomic E-state index is 0.0188. The Morgan fingerprint density at radius 1 is 0.943 bits per heavy atom. The molecule has 10 heteroatoms. The molecule has 0 aliphatic heterocycles. The van der Waals surface area contributed by atoms with Crippen LogP contribution in [0.25, 0.3) is 0 Å². The van der Waals surface area contributed by atoms with E-state index in [-0.39, 0.29) is 29.4 Å². The lowest BCUT2D eigenvalue weighted by atomic mass is 10.1. The Morgan fingerprint density at radius 3 is 2.31 bits per heavy atom. The van der Waals surface area contributed by atoms with Crippen LogP contribution < -0.4 is 9.80 Å². The number of hydrogen-bond donors (Lipinski definition) is 0. The van der Waals surface area contributed by atoms with E-state index in [1.54, 1.807) is 60.6 Å². The summed E-state index contributed by atoms with van der Waals surface area (Å²) in [5.74, 6) is 0.0144. The normalized spacial score (nSPS) is 10.5. The molecule has 4 aromatic rings. The van der Waals surface area contributed by atoms with Crippen molar-refractivity contribution in [3.63, 3.8) is 0 Å². The van der Waals surface area contributed by atoms with Crippen LogP contribution in [0.4, 0.5) is 28.8 Å². The van der Waals surface area contributed by atoms with E-state index in [2.05, 4.69) is 15.0 Å². The lowest BCUT2D eigenvalue weighted by molar-refractivity contribution is -0.383. The summed E-state index contributed by atoms with van der Waals surface area (Å²) in [7, 11) is 2.88. The van der Waals surface area contributed by atoms with E-state index in [0.717, 1.165) is 5.56 Å². The number of anilines is 4. The van der Waals surface area contributed by atoms with Crippen molar-refractivity contribution in [2.24, 2.45) is 0 Å². The fourth-order valence-corrected chi connectivity index (χ4v) is 3.67. The number of pyridine rings is 1. The Morgan fingerprint density at radius 2 is 1.63 bits per heavy atom. The van der Waals surface area contributed by atoms with Crippen LogP contribution in [-0.2, 0) is 11.3 Å². The van der Waals surface area contributed by atoms with Gasteiger partial charge in [-0.05, 0) is 29.8 Å². The summed E-state index contributed by atoms with van der Waals surface area (Å²) in [6, 6.07) is 21.5. The highest BCUT2D eigenvalue weighted by Gasteiger charge is 2.32. The van der Waals surface area contributed by atoms with Gasteiger partial charge in [-0.3, -0.25) is 10.1 Å². The summed E-state index contributed by atoms with van der Waals surface area (Å²) in [5.41, 5.74) is 1.24. The van der Waals surface area contributed by atoms with Gasteiger partial charge in [0.05, 0.1) is 29.8 Å². The van der Waals surface area contributed by atoms with E-state index in [1.165, 1.54) is 18.3 Å². The second kappa shape index (κ2) is 10.4. The minimum Gasteiger partial charge on any atom is -0.465 e. The minimum atomic E-state index is -0.566. The maximum absolute atomic E-state index is 12.4. The molecule has 0 saturated heterocycles.